The van der Waals surface area contributed by atoms with Crippen LogP contribution in [0.5, 0.6) is 0 Å². The van der Waals surface area contributed by atoms with Crippen LogP contribution in [0.4, 0.5) is 5.69 Å². The number of hydrogen-bond donors (Lipinski definition) is 2. The lowest BCUT2D eigenvalue weighted by molar-refractivity contribution is -0.117. The number of hydrazine groups is 1. The van der Waals surface area contributed by atoms with Crippen LogP contribution in [-0.2, 0) is 9.59 Å². The van der Waals surface area contributed by atoms with Gasteiger partial charge in [0.2, 0.25) is 0 Å². The summed E-state index contributed by atoms with van der Waals surface area (Å²) < 4.78 is 1.83. The summed E-state index contributed by atoms with van der Waals surface area (Å²) in [4.78, 5) is 24.4. The van der Waals surface area contributed by atoms with Crippen molar-refractivity contribution in [3.05, 3.63) is 50.4 Å². The van der Waals surface area contributed by atoms with Crippen molar-refractivity contribution in [3.63, 3.8) is 0 Å². The van der Waals surface area contributed by atoms with E-state index in [1.165, 1.54) is 16.3 Å². The lowest BCUT2D eigenvalue weighted by atomic mass is 10.2. The number of halogens is 1. The molecule has 0 bridgehead atoms. The van der Waals surface area contributed by atoms with Crippen LogP contribution in [0.2, 0.25) is 0 Å². The van der Waals surface area contributed by atoms with Gasteiger partial charge in [-0.25, -0.2) is 5.01 Å². The molecule has 7 heteroatoms. The van der Waals surface area contributed by atoms with Gasteiger partial charge in [0.1, 0.15) is 5.57 Å². The van der Waals surface area contributed by atoms with E-state index in [1.807, 2.05) is 23.6 Å². The molecule has 0 spiro atoms. The molecule has 1 N–H and O–H groups in total. The van der Waals surface area contributed by atoms with Gasteiger partial charge in [-0.05, 0) is 69.9 Å². The first-order chi connectivity index (χ1) is 10.1. The van der Waals surface area contributed by atoms with E-state index < -0.39 is 5.91 Å². The minimum absolute atomic E-state index is 0.113. The van der Waals surface area contributed by atoms with Gasteiger partial charge in [-0.1, -0.05) is 0 Å². The van der Waals surface area contributed by atoms with Gasteiger partial charge in [0.25, 0.3) is 11.8 Å². The summed E-state index contributed by atoms with van der Waals surface area (Å²) in [5.74, 6) is -0.766. The highest BCUT2D eigenvalue weighted by Gasteiger charge is 2.34. The number of amides is 2. The van der Waals surface area contributed by atoms with Crippen molar-refractivity contribution in [3.8, 4) is 0 Å². The van der Waals surface area contributed by atoms with Gasteiger partial charge in [0, 0.05) is 3.57 Å². The maximum Gasteiger partial charge on any atom is 0.282 e. The lowest BCUT2D eigenvalue weighted by Gasteiger charge is -2.14. The Kier molecular flexibility index (Phi) is 4.05. The number of nitrogens with zero attached hydrogens (tertiary/aromatic N) is 1. The molecule has 2 aromatic rings. The van der Waals surface area contributed by atoms with Gasteiger partial charge in [-0.3, -0.25) is 15.0 Å². The summed E-state index contributed by atoms with van der Waals surface area (Å²) in [6, 6.07) is 9.16. The molecule has 2 amide bonds. The van der Waals surface area contributed by atoms with Crippen molar-refractivity contribution < 1.29 is 9.59 Å². The highest BCUT2D eigenvalue weighted by molar-refractivity contribution is 14.1. The van der Waals surface area contributed by atoms with Crippen LogP contribution in [0.15, 0.2) is 45.5 Å². The van der Waals surface area contributed by atoms with Gasteiger partial charge in [0.05, 0.1) is 9.90 Å². The number of benzene rings is 1. The van der Waals surface area contributed by atoms with Crippen LogP contribution in [0.25, 0.3) is 6.08 Å². The first-order valence-electron chi connectivity index (χ1n) is 5.95. The molecule has 0 atom stereocenters. The number of thiophene rings is 1. The quantitative estimate of drug-likeness (QED) is 0.334. The van der Waals surface area contributed by atoms with Crippen molar-refractivity contribution in [1.82, 2.24) is 5.43 Å². The highest BCUT2D eigenvalue weighted by atomic mass is 127. The van der Waals surface area contributed by atoms with Crippen molar-refractivity contribution in [2.45, 2.75) is 4.21 Å². The van der Waals surface area contributed by atoms with E-state index in [1.54, 1.807) is 18.2 Å². The van der Waals surface area contributed by atoms with Crippen molar-refractivity contribution in [1.29, 1.82) is 0 Å². The summed E-state index contributed by atoms with van der Waals surface area (Å²) in [5.41, 5.74) is 4.09. The molecule has 0 radical (unpaired) electrons. The van der Waals surface area contributed by atoms with Gasteiger partial charge in [-0.2, -0.15) is 0 Å². The summed E-state index contributed by atoms with van der Waals surface area (Å²) in [6.07, 6.45) is 1.57. The average molecular weight is 428 g/mol. The Morgan fingerprint density at radius 2 is 1.90 bits per heavy atom. The Balaban J connectivity index is 1.94. The summed E-state index contributed by atoms with van der Waals surface area (Å²) in [5, 5.41) is 3.12. The molecule has 106 valence electrons. The molecule has 0 aliphatic carbocycles. The second-order valence-corrected chi connectivity index (χ2v) is 7.21. The largest absolute Gasteiger partial charge is 0.282 e. The lowest BCUT2D eigenvalue weighted by Crippen LogP contribution is -2.35. The standard InChI is InChI=1S/C14H9IN2O2S2/c15-9-1-3-10(4-2-9)17-13(19)11(12(18)16-17)7-8-5-6-21-14(8)20/h1-7,20H,(H,16,18). The van der Waals surface area contributed by atoms with E-state index in [4.69, 9.17) is 0 Å². The van der Waals surface area contributed by atoms with Crippen LogP contribution < -0.4 is 10.4 Å². The number of nitrogens with one attached hydrogen (secondary N) is 1. The maximum atomic E-state index is 12.4. The minimum Gasteiger partial charge on any atom is -0.267 e. The number of carbonyl (C=O) groups is 2. The van der Waals surface area contributed by atoms with E-state index in [9.17, 15) is 9.59 Å². The molecule has 1 aromatic heterocycles. The normalized spacial score (nSPS) is 16.7. The van der Waals surface area contributed by atoms with E-state index in [-0.39, 0.29) is 11.5 Å². The summed E-state index contributed by atoms with van der Waals surface area (Å²) >= 11 is 7.93. The second kappa shape index (κ2) is 5.82. The average Bonchev–Trinajstić information content (AvgIpc) is 2.98. The zero-order valence-electron chi connectivity index (χ0n) is 10.5. The number of anilines is 1. The first kappa shape index (κ1) is 14.6. The number of hydrogen-bond acceptors (Lipinski definition) is 4. The van der Waals surface area contributed by atoms with Crippen molar-refractivity contribution in [2.24, 2.45) is 0 Å². The van der Waals surface area contributed by atoms with E-state index in [2.05, 4.69) is 40.6 Å². The molecular weight excluding hydrogens is 419 g/mol. The predicted molar refractivity (Wildman–Crippen MR) is 94.3 cm³/mol. The Morgan fingerprint density at radius 1 is 1.19 bits per heavy atom. The Labute approximate surface area is 144 Å². The Morgan fingerprint density at radius 3 is 2.52 bits per heavy atom. The van der Waals surface area contributed by atoms with Gasteiger partial charge in [-0.15, -0.1) is 24.0 Å². The fraction of sp³-hybridized carbons (Fsp3) is 0. The molecule has 3 rings (SSSR count). The first-order valence-corrected chi connectivity index (χ1v) is 8.36. The van der Waals surface area contributed by atoms with E-state index in [0.29, 0.717) is 5.69 Å². The fourth-order valence-electron chi connectivity index (χ4n) is 1.91. The van der Waals surface area contributed by atoms with E-state index >= 15 is 0 Å². The zero-order chi connectivity index (χ0) is 15.0. The van der Waals surface area contributed by atoms with Crippen LogP contribution in [-0.4, -0.2) is 11.8 Å². The molecule has 2 heterocycles. The molecule has 1 aliphatic rings. The topological polar surface area (TPSA) is 49.4 Å². The number of rotatable bonds is 2. The van der Waals surface area contributed by atoms with Crippen LogP contribution in [0.1, 0.15) is 5.56 Å². The molecule has 1 fully saturated rings. The van der Waals surface area contributed by atoms with Gasteiger partial charge >= 0.3 is 0 Å². The summed E-state index contributed by atoms with van der Waals surface area (Å²) in [7, 11) is 0. The third-order valence-corrected chi connectivity index (χ3v) is 4.98. The maximum absolute atomic E-state index is 12.4. The smallest absolute Gasteiger partial charge is 0.267 e. The molecule has 1 aromatic carbocycles. The molecular formula is C14H9IN2O2S2. The SMILES string of the molecule is O=C1NN(c2ccc(I)cc2)C(=O)C1=Cc1ccsc1S. The Bertz CT molecular complexity index is 753. The van der Waals surface area contributed by atoms with E-state index in [0.717, 1.165) is 13.3 Å². The molecule has 0 unspecified atom stereocenters. The molecule has 4 nitrogen and oxygen atoms in total. The predicted octanol–water partition coefficient (Wildman–Crippen LogP) is 3.10. The van der Waals surface area contributed by atoms with Crippen molar-refractivity contribution in [2.75, 3.05) is 5.01 Å². The minimum atomic E-state index is -0.405. The Hall–Kier alpha value is -1.32. The van der Waals surface area contributed by atoms with Gasteiger partial charge in [0.15, 0.2) is 0 Å². The van der Waals surface area contributed by atoms with Crippen LogP contribution >= 0.6 is 46.6 Å². The number of thiol groups is 1. The van der Waals surface area contributed by atoms with Gasteiger partial charge < -0.3 is 0 Å². The molecule has 1 aliphatic heterocycles. The fourth-order valence-corrected chi connectivity index (χ4v) is 3.19. The monoisotopic (exact) mass is 428 g/mol. The van der Waals surface area contributed by atoms with Crippen LogP contribution in [0.3, 0.4) is 0 Å². The third-order valence-electron chi connectivity index (χ3n) is 2.95. The number of carbonyl (C=O) groups excluding carboxylic acids is 2. The molecule has 1 saturated heterocycles. The highest BCUT2D eigenvalue weighted by Crippen LogP contribution is 2.26. The zero-order valence-corrected chi connectivity index (χ0v) is 14.4. The van der Waals surface area contributed by atoms with Crippen molar-refractivity contribution >= 4 is 70.1 Å². The summed E-state index contributed by atoms with van der Waals surface area (Å²) in [6.45, 7) is 0. The van der Waals surface area contributed by atoms with Crippen LogP contribution in [0, 0.1) is 3.57 Å². The second-order valence-electron chi connectivity index (χ2n) is 4.30. The molecule has 21 heavy (non-hydrogen) atoms. The third kappa shape index (κ3) is 2.85. The molecule has 0 saturated carbocycles.